The summed E-state index contributed by atoms with van der Waals surface area (Å²) >= 11 is 5.10. The monoisotopic (exact) mass is 292 g/mol. The Labute approximate surface area is 124 Å². The van der Waals surface area contributed by atoms with Crippen molar-refractivity contribution in [2.24, 2.45) is 11.1 Å². The lowest BCUT2D eigenvalue weighted by Gasteiger charge is -2.38. The van der Waals surface area contributed by atoms with Crippen LogP contribution in [0.4, 0.5) is 0 Å². The van der Waals surface area contributed by atoms with Crippen LogP contribution in [0.2, 0.25) is 0 Å². The lowest BCUT2D eigenvalue weighted by Crippen LogP contribution is -2.46. The second-order valence-electron chi connectivity index (χ2n) is 5.74. The summed E-state index contributed by atoms with van der Waals surface area (Å²) in [6, 6.07) is 5.07. The molecule has 20 heavy (non-hydrogen) atoms. The van der Waals surface area contributed by atoms with Crippen LogP contribution in [0.5, 0.6) is 5.75 Å². The number of aryl methyl sites for hydroxylation is 1. The molecule has 4 nitrogen and oxygen atoms in total. The summed E-state index contributed by atoms with van der Waals surface area (Å²) in [5.41, 5.74) is 6.92. The lowest BCUT2D eigenvalue weighted by atomic mass is 9.80. The van der Waals surface area contributed by atoms with Crippen molar-refractivity contribution in [3.05, 3.63) is 29.3 Å². The topological polar surface area (TPSA) is 66.6 Å². The molecule has 108 valence electrons. The van der Waals surface area contributed by atoms with Gasteiger partial charge in [0.1, 0.15) is 5.75 Å². The Morgan fingerprint density at radius 2 is 2.00 bits per heavy atom. The van der Waals surface area contributed by atoms with Gasteiger partial charge in [-0.05, 0) is 31.9 Å². The predicted molar refractivity (Wildman–Crippen MR) is 82.9 cm³/mol. The fourth-order valence-electron chi connectivity index (χ4n) is 2.44. The van der Waals surface area contributed by atoms with Gasteiger partial charge in [-0.2, -0.15) is 0 Å². The van der Waals surface area contributed by atoms with Gasteiger partial charge in [0.25, 0.3) is 5.91 Å². The Morgan fingerprint density at radius 1 is 1.40 bits per heavy atom. The van der Waals surface area contributed by atoms with E-state index in [-0.39, 0.29) is 17.1 Å². The minimum Gasteiger partial charge on any atom is -0.507 e. The van der Waals surface area contributed by atoms with E-state index in [0.29, 0.717) is 23.6 Å². The molecule has 0 spiro atoms. The first kappa shape index (κ1) is 14.8. The molecule has 1 aromatic carbocycles. The van der Waals surface area contributed by atoms with E-state index in [2.05, 4.69) is 0 Å². The van der Waals surface area contributed by atoms with Gasteiger partial charge >= 0.3 is 0 Å². The molecule has 0 atom stereocenters. The molecule has 1 aromatic rings. The number of piperidine rings is 1. The van der Waals surface area contributed by atoms with E-state index >= 15 is 0 Å². The molecule has 1 aliphatic rings. The summed E-state index contributed by atoms with van der Waals surface area (Å²) in [7, 11) is 0. The number of benzene rings is 1. The van der Waals surface area contributed by atoms with Crippen LogP contribution in [-0.4, -0.2) is 34.0 Å². The molecule has 5 heteroatoms. The number of phenols is 1. The maximum Gasteiger partial charge on any atom is 0.257 e. The molecule has 1 aliphatic heterocycles. The van der Waals surface area contributed by atoms with E-state index < -0.39 is 0 Å². The van der Waals surface area contributed by atoms with Crippen LogP contribution in [-0.2, 0) is 0 Å². The molecule has 3 N–H and O–H groups in total. The Bertz CT molecular complexity index is 549. The highest BCUT2D eigenvalue weighted by Crippen LogP contribution is 2.32. The minimum absolute atomic E-state index is 0.0308. The fraction of sp³-hybridized carbons (Fsp3) is 0.467. The lowest BCUT2D eigenvalue weighted by molar-refractivity contribution is 0.0667. The van der Waals surface area contributed by atoms with Crippen LogP contribution in [0.15, 0.2) is 18.2 Å². The number of phenolic OH excluding ortho intramolecular Hbond substituents is 1. The average Bonchev–Trinajstić information content (AvgIpc) is 2.41. The van der Waals surface area contributed by atoms with Crippen molar-refractivity contribution >= 4 is 23.1 Å². The molecule has 1 fully saturated rings. The molecular weight excluding hydrogens is 272 g/mol. The predicted octanol–water partition coefficient (Wildman–Crippen LogP) is 2.23. The quantitative estimate of drug-likeness (QED) is 0.820. The largest absolute Gasteiger partial charge is 0.507 e. The molecule has 0 saturated carbocycles. The van der Waals surface area contributed by atoms with Crippen LogP contribution in [0, 0.1) is 12.3 Å². The van der Waals surface area contributed by atoms with Crippen LogP contribution < -0.4 is 5.73 Å². The van der Waals surface area contributed by atoms with Crippen molar-refractivity contribution in [1.29, 1.82) is 0 Å². The SMILES string of the molecule is Cc1ccc(O)c(C(=O)N2CCC(C)(C(N)=S)CC2)c1. The summed E-state index contributed by atoms with van der Waals surface area (Å²) in [5.74, 6) is -0.0977. The highest BCUT2D eigenvalue weighted by Gasteiger charge is 2.34. The second-order valence-corrected chi connectivity index (χ2v) is 6.18. The third kappa shape index (κ3) is 2.77. The van der Waals surface area contributed by atoms with Crippen molar-refractivity contribution in [3.63, 3.8) is 0 Å². The van der Waals surface area contributed by atoms with E-state index in [9.17, 15) is 9.90 Å². The zero-order valence-electron chi connectivity index (χ0n) is 11.8. The van der Waals surface area contributed by atoms with Crippen molar-refractivity contribution < 1.29 is 9.90 Å². The Hall–Kier alpha value is -1.62. The molecule has 0 bridgehead atoms. The summed E-state index contributed by atoms with van der Waals surface area (Å²) in [6.45, 7) is 5.16. The molecule has 0 aliphatic carbocycles. The number of aromatic hydroxyl groups is 1. The van der Waals surface area contributed by atoms with Gasteiger partial charge in [-0.3, -0.25) is 4.79 Å². The van der Waals surface area contributed by atoms with Crippen LogP contribution in [0.1, 0.15) is 35.7 Å². The van der Waals surface area contributed by atoms with Gasteiger partial charge in [0.05, 0.1) is 10.6 Å². The smallest absolute Gasteiger partial charge is 0.257 e. The summed E-state index contributed by atoms with van der Waals surface area (Å²) in [6.07, 6.45) is 1.53. The van der Waals surface area contributed by atoms with Crippen LogP contribution >= 0.6 is 12.2 Å². The maximum atomic E-state index is 12.5. The number of rotatable bonds is 2. The molecule has 1 amide bonds. The number of likely N-dealkylation sites (tertiary alicyclic amines) is 1. The summed E-state index contributed by atoms with van der Waals surface area (Å²) < 4.78 is 0. The normalized spacial score (nSPS) is 17.8. The Kier molecular flexibility index (Phi) is 3.99. The van der Waals surface area contributed by atoms with Crippen molar-refractivity contribution in [2.75, 3.05) is 13.1 Å². The van der Waals surface area contributed by atoms with Gasteiger partial charge in [0.15, 0.2) is 0 Å². The highest BCUT2D eigenvalue weighted by atomic mass is 32.1. The number of nitrogens with two attached hydrogens (primary N) is 1. The highest BCUT2D eigenvalue weighted by molar-refractivity contribution is 7.80. The van der Waals surface area contributed by atoms with Crippen molar-refractivity contribution in [3.8, 4) is 5.75 Å². The average molecular weight is 292 g/mol. The molecule has 0 aromatic heterocycles. The van der Waals surface area contributed by atoms with Crippen LogP contribution in [0.25, 0.3) is 0 Å². The number of hydrogen-bond acceptors (Lipinski definition) is 3. The van der Waals surface area contributed by atoms with E-state index in [0.717, 1.165) is 18.4 Å². The van der Waals surface area contributed by atoms with Gasteiger partial charge in [0.2, 0.25) is 0 Å². The van der Waals surface area contributed by atoms with E-state index in [1.54, 1.807) is 23.1 Å². The van der Waals surface area contributed by atoms with Gasteiger partial charge in [-0.15, -0.1) is 0 Å². The molecule has 1 heterocycles. The second kappa shape index (κ2) is 5.40. The zero-order valence-corrected chi connectivity index (χ0v) is 12.7. The first-order valence-corrected chi connectivity index (χ1v) is 7.13. The van der Waals surface area contributed by atoms with Gasteiger partial charge in [0, 0.05) is 18.5 Å². The zero-order chi connectivity index (χ0) is 14.9. The minimum atomic E-state index is -0.166. The molecule has 2 rings (SSSR count). The number of amides is 1. The molecular formula is C15H20N2O2S. The number of carbonyl (C=O) groups excluding carboxylic acids is 1. The number of carbonyl (C=O) groups is 1. The van der Waals surface area contributed by atoms with E-state index in [1.807, 2.05) is 13.8 Å². The first-order chi connectivity index (χ1) is 9.33. The maximum absolute atomic E-state index is 12.5. The van der Waals surface area contributed by atoms with E-state index in [4.69, 9.17) is 18.0 Å². The fourth-order valence-corrected chi connectivity index (χ4v) is 2.65. The van der Waals surface area contributed by atoms with Crippen molar-refractivity contribution in [1.82, 2.24) is 4.90 Å². The van der Waals surface area contributed by atoms with E-state index in [1.165, 1.54) is 0 Å². The number of hydrogen-bond donors (Lipinski definition) is 2. The molecule has 1 saturated heterocycles. The van der Waals surface area contributed by atoms with Gasteiger partial charge < -0.3 is 15.7 Å². The van der Waals surface area contributed by atoms with Crippen molar-refractivity contribution in [2.45, 2.75) is 26.7 Å². The molecule has 0 radical (unpaired) electrons. The third-order valence-corrected chi connectivity index (χ3v) is 4.62. The first-order valence-electron chi connectivity index (χ1n) is 6.72. The Morgan fingerprint density at radius 3 is 2.55 bits per heavy atom. The van der Waals surface area contributed by atoms with Crippen LogP contribution in [0.3, 0.4) is 0 Å². The summed E-state index contributed by atoms with van der Waals surface area (Å²) in [4.78, 5) is 14.7. The molecule has 0 unspecified atom stereocenters. The summed E-state index contributed by atoms with van der Waals surface area (Å²) in [5, 5.41) is 9.84. The number of nitrogens with zero attached hydrogens (tertiary/aromatic N) is 1. The Balaban J connectivity index is 2.13. The third-order valence-electron chi connectivity index (χ3n) is 4.13. The standard InChI is InChI=1S/C15H20N2O2S/c1-10-3-4-12(18)11(9-10)13(19)17-7-5-15(2,6-8-17)14(16)20/h3-4,9,18H,5-8H2,1-2H3,(H2,16,20). The van der Waals surface area contributed by atoms with Gasteiger partial charge in [-0.25, -0.2) is 0 Å². The number of thiocarbonyl (C=S) groups is 1. The van der Waals surface area contributed by atoms with Gasteiger partial charge in [-0.1, -0.05) is 30.8 Å².